The fourth-order valence-corrected chi connectivity index (χ4v) is 3.84. The Morgan fingerprint density at radius 1 is 1.13 bits per heavy atom. The molecule has 0 unspecified atom stereocenters. The second-order valence-electron chi connectivity index (χ2n) is 5.02. The monoisotopic (exact) mass is 339 g/mol. The van der Waals surface area contributed by atoms with Crippen molar-refractivity contribution in [2.24, 2.45) is 0 Å². The summed E-state index contributed by atoms with van der Waals surface area (Å²) in [6, 6.07) is 13.9. The van der Waals surface area contributed by atoms with Gasteiger partial charge >= 0.3 is 0 Å². The van der Waals surface area contributed by atoms with Gasteiger partial charge in [0.05, 0.1) is 12.1 Å². The third-order valence-electron chi connectivity index (χ3n) is 3.52. The van der Waals surface area contributed by atoms with Crippen molar-refractivity contribution in [2.75, 3.05) is 0 Å². The van der Waals surface area contributed by atoms with E-state index in [1.54, 1.807) is 27.2 Å². The SMILES string of the molecule is O=C(NCc1cccs1)c1cc(-c2cccs2)c2cccn2n1. The number of aromatic nitrogens is 2. The summed E-state index contributed by atoms with van der Waals surface area (Å²) < 4.78 is 1.76. The van der Waals surface area contributed by atoms with Crippen LogP contribution < -0.4 is 5.32 Å². The number of nitrogens with zero attached hydrogens (tertiary/aromatic N) is 2. The van der Waals surface area contributed by atoms with Crippen LogP contribution in [0.2, 0.25) is 0 Å². The van der Waals surface area contributed by atoms with Crippen molar-refractivity contribution in [1.82, 2.24) is 14.9 Å². The van der Waals surface area contributed by atoms with Crippen LogP contribution in [0.3, 0.4) is 0 Å². The maximum Gasteiger partial charge on any atom is 0.272 e. The maximum atomic E-state index is 12.4. The normalized spacial score (nSPS) is 11.0. The van der Waals surface area contributed by atoms with E-state index in [0.717, 1.165) is 20.8 Å². The van der Waals surface area contributed by atoms with Gasteiger partial charge < -0.3 is 5.32 Å². The van der Waals surface area contributed by atoms with Crippen LogP contribution in [0, 0.1) is 0 Å². The fraction of sp³-hybridized carbons (Fsp3) is 0.0588. The zero-order chi connectivity index (χ0) is 15.6. The highest BCUT2D eigenvalue weighted by atomic mass is 32.1. The predicted molar refractivity (Wildman–Crippen MR) is 94.0 cm³/mol. The molecular weight excluding hydrogens is 326 g/mol. The molecule has 0 spiro atoms. The van der Waals surface area contributed by atoms with Gasteiger partial charge in [-0.1, -0.05) is 12.1 Å². The zero-order valence-electron chi connectivity index (χ0n) is 12.1. The molecule has 0 saturated heterocycles. The predicted octanol–water partition coefficient (Wildman–Crippen LogP) is 4.05. The zero-order valence-corrected chi connectivity index (χ0v) is 13.7. The standard InChI is InChI=1S/C17H13N3OS2/c21-17(18-11-12-4-2-8-22-12)14-10-13(16-6-3-9-23-16)15-5-1-7-20(15)19-14/h1-10H,11H2,(H,18,21). The Balaban J connectivity index is 1.68. The number of carbonyl (C=O) groups excluding carboxylic acids is 1. The Hall–Kier alpha value is -2.44. The number of nitrogens with one attached hydrogen (secondary N) is 1. The highest BCUT2D eigenvalue weighted by molar-refractivity contribution is 7.13. The maximum absolute atomic E-state index is 12.4. The number of amides is 1. The van der Waals surface area contributed by atoms with Gasteiger partial charge in [-0.05, 0) is 41.1 Å². The van der Waals surface area contributed by atoms with E-state index in [2.05, 4.69) is 16.5 Å². The average molecular weight is 339 g/mol. The summed E-state index contributed by atoms with van der Waals surface area (Å²) in [6.45, 7) is 0.524. The lowest BCUT2D eigenvalue weighted by Crippen LogP contribution is -2.24. The van der Waals surface area contributed by atoms with E-state index < -0.39 is 0 Å². The summed E-state index contributed by atoms with van der Waals surface area (Å²) >= 11 is 3.28. The molecule has 0 saturated carbocycles. The minimum absolute atomic E-state index is 0.160. The smallest absolute Gasteiger partial charge is 0.272 e. The topological polar surface area (TPSA) is 46.4 Å². The van der Waals surface area contributed by atoms with Gasteiger partial charge in [0.2, 0.25) is 0 Å². The number of hydrogen-bond donors (Lipinski definition) is 1. The van der Waals surface area contributed by atoms with Crippen molar-refractivity contribution in [3.8, 4) is 10.4 Å². The van der Waals surface area contributed by atoms with Crippen LogP contribution in [0.25, 0.3) is 16.0 Å². The van der Waals surface area contributed by atoms with Crippen molar-refractivity contribution in [3.63, 3.8) is 0 Å². The van der Waals surface area contributed by atoms with Crippen LogP contribution in [0.1, 0.15) is 15.4 Å². The molecule has 114 valence electrons. The fourth-order valence-electron chi connectivity index (χ4n) is 2.44. The molecule has 1 N–H and O–H groups in total. The van der Waals surface area contributed by atoms with Gasteiger partial charge in [-0.3, -0.25) is 4.79 Å². The molecule has 4 aromatic heterocycles. The third-order valence-corrected chi connectivity index (χ3v) is 5.30. The third kappa shape index (κ3) is 2.78. The highest BCUT2D eigenvalue weighted by Crippen LogP contribution is 2.29. The lowest BCUT2D eigenvalue weighted by molar-refractivity contribution is 0.0945. The first-order valence-corrected chi connectivity index (χ1v) is 8.90. The van der Waals surface area contributed by atoms with Gasteiger partial charge in [-0.15, -0.1) is 22.7 Å². The highest BCUT2D eigenvalue weighted by Gasteiger charge is 2.14. The molecule has 0 aliphatic rings. The van der Waals surface area contributed by atoms with E-state index >= 15 is 0 Å². The first kappa shape index (κ1) is 14.2. The van der Waals surface area contributed by atoms with E-state index in [4.69, 9.17) is 0 Å². The van der Waals surface area contributed by atoms with Crippen molar-refractivity contribution in [3.05, 3.63) is 70.0 Å². The Labute approximate surface area is 141 Å². The Morgan fingerprint density at radius 3 is 2.78 bits per heavy atom. The molecular formula is C17H13N3OS2. The van der Waals surface area contributed by atoms with Gasteiger partial charge in [-0.25, -0.2) is 4.52 Å². The molecule has 1 amide bonds. The van der Waals surface area contributed by atoms with E-state index in [1.165, 1.54) is 0 Å². The quantitative estimate of drug-likeness (QED) is 0.609. The van der Waals surface area contributed by atoms with E-state index in [1.807, 2.05) is 53.4 Å². The minimum atomic E-state index is -0.160. The van der Waals surface area contributed by atoms with Crippen molar-refractivity contribution in [2.45, 2.75) is 6.54 Å². The Bertz CT molecular complexity index is 940. The van der Waals surface area contributed by atoms with Crippen LogP contribution in [0.5, 0.6) is 0 Å². The molecule has 4 aromatic rings. The van der Waals surface area contributed by atoms with Crippen LogP contribution in [-0.4, -0.2) is 15.5 Å². The summed E-state index contributed by atoms with van der Waals surface area (Å²) in [5, 5.41) is 11.4. The number of fused-ring (bicyclic) bond motifs is 1. The van der Waals surface area contributed by atoms with Gasteiger partial charge in [-0.2, -0.15) is 5.10 Å². The van der Waals surface area contributed by atoms with Crippen LogP contribution in [0.15, 0.2) is 59.4 Å². The molecule has 0 atom stereocenters. The number of rotatable bonds is 4. The second-order valence-corrected chi connectivity index (χ2v) is 7.00. The number of carbonyl (C=O) groups is 1. The number of hydrogen-bond acceptors (Lipinski definition) is 4. The van der Waals surface area contributed by atoms with Crippen LogP contribution in [-0.2, 0) is 6.54 Å². The molecule has 4 heterocycles. The molecule has 0 aromatic carbocycles. The molecule has 0 bridgehead atoms. The summed E-state index contributed by atoms with van der Waals surface area (Å²) in [6.07, 6.45) is 1.86. The van der Waals surface area contributed by atoms with Gasteiger partial charge in [0.25, 0.3) is 5.91 Å². The van der Waals surface area contributed by atoms with Crippen LogP contribution >= 0.6 is 22.7 Å². The largest absolute Gasteiger partial charge is 0.346 e. The summed E-state index contributed by atoms with van der Waals surface area (Å²) in [5.41, 5.74) is 2.46. The second kappa shape index (κ2) is 5.98. The number of thiophene rings is 2. The van der Waals surface area contributed by atoms with Gasteiger partial charge in [0, 0.05) is 21.5 Å². The van der Waals surface area contributed by atoms with E-state index in [9.17, 15) is 4.79 Å². The lowest BCUT2D eigenvalue weighted by atomic mass is 10.2. The molecule has 23 heavy (non-hydrogen) atoms. The molecule has 4 nitrogen and oxygen atoms in total. The van der Waals surface area contributed by atoms with Crippen molar-refractivity contribution >= 4 is 34.1 Å². The summed E-state index contributed by atoms with van der Waals surface area (Å²) in [5.74, 6) is -0.160. The van der Waals surface area contributed by atoms with Gasteiger partial charge in [0.1, 0.15) is 5.69 Å². The molecule has 0 fully saturated rings. The Kier molecular flexibility index (Phi) is 3.69. The Morgan fingerprint density at radius 2 is 2.00 bits per heavy atom. The van der Waals surface area contributed by atoms with Crippen molar-refractivity contribution < 1.29 is 4.79 Å². The summed E-state index contributed by atoms with van der Waals surface area (Å²) in [4.78, 5) is 14.7. The lowest BCUT2D eigenvalue weighted by Gasteiger charge is -2.07. The van der Waals surface area contributed by atoms with Crippen LogP contribution in [0.4, 0.5) is 0 Å². The first-order chi connectivity index (χ1) is 11.3. The van der Waals surface area contributed by atoms with Crippen molar-refractivity contribution in [1.29, 1.82) is 0 Å². The molecule has 0 radical (unpaired) electrons. The molecule has 4 rings (SSSR count). The minimum Gasteiger partial charge on any atom is -0.346 e. The first-order valence-electron chi connectivity index (χ1n) is 7.14. The molecule has 0 aliphatic heterocycles. The average Bonchev–Trinajstić information content (AvgIpc) is 3.33. The van der Waals surface area contributed by atoms with E-state index in [0.29, 0.717) is 12.2 Å². The molecule has 6 heteroatoms. The van der Waals surface area contributed by atoms with E-state index in [-0.39, 0.29) is 5.91 Å². The van der Waals surface area contributed by atoms with Gasteiger partial charge in [0.15, 0.2) is 0 Å². The summed E-state index contributed by atoms with van der Waals surface area (Å²) in [7, 11) is 0. The molecule has 0 aliphatic carbocycles.